The number of ether oxygens (including phenoxy) is 1. The van der Waals surface area contributed by atoms with Gasteiger partial charge in [0.2, 0.25) is 11.8 Å². The van der Waals surface area contributed by atoms with Crippen molar-refractivity contribution in [2.24, 2.45) is 5.73 Å². The van der Waals surface area contributed by atoms with E-state index in [1.807, 2.05) is 36.4 Å². The normalized spacial score (nSPS) is 12.4. The number of fused-ring (bicyclic) bond motifs is 1. The van der Waals surface area contributed by atoms with Gasteiger partial charge in [0.1, 0.15) is 30.0 Å². The Morgan fingerprint density at radius 3 is 2.29 bits per heavy atom. The number of amides is 4. The first-order valence-corrected chi connectivity index (χ1v) is 12.9. The van der Waals surface area contributed by atoms with Crippen LogP contribution in [0.25, 0.3) is 10.8 Å². The van der Waals surface area contributed by atoms with Gasteiger partial charge in [-0.2, -0.15) is 5.26 Å². The number of phenolic OH excluding ortho intramolecular Hbond substituents is 1. The number of nitrogens with one attached hydrogen (secondary N) is 2. The van der Waals surface area contributed by atoms with Crippen LogP contribution in [0.4, 0.5) is 10.5 Å². The Morgan fingerprint density at radius 2 is 1.68 bits per heavy atom. The molecular weight excluding hydrogens is 526 g/mol. The number of anilines is 1. The number of primary amides is 1. The molecule has 0 bridgehead atoms. The second kappa shape index (κ2) is 13.3. The summed E-state index contributed by atoms with van der Waals surface area (Å²) in [7, 11) is 0. The first-order valence-electron chi connectivity index (χ1n) is 12.9. The minimum atomic E-state index is -1.34. The summed E-state index contributed by atoms with van der Waals surface area (Å²) in [5.74, 6) is -2.21. The molecule has 3 rings (SSSR count). The van der Waals surface area contributed by atoms with Crippen LogP contribution in [0.1, 0.15) is 45.2 Å². The summed E-state index contributed by atoms with van der Waals surface area (Å²) in [6, 6.07) is 17.7. The maximum atomic E-state index is 13.9. The second-order valence-electron chi connectivity index (χ2n) is 10.4. The second-order valence-corrected chi connectivity index (χ2v) is 10.4. The Balaban J connectivity index is 2.00. The third kappa shape index (κ3) is 8.69. The van der Waals surface area contributed by atoms with Crippen molar-refractivity contribution < 1.29 is 29.0 Å². The van der Waals surface area contributed by atoms with Gasteiger partial charge in [-0.1, -0.05) is 42.5 Å². The van der Waals surface area contributed by atoms with Crippen LogP contribution in [0.15, 0.2) is 66.7 Å². The van der Waals surface area contributed by atoms with Crippen LogP contribution in [0.3, 0.4) is 0 Å². The molecule has 41 heavy (non-hydrogen) atoms. The molecule has 3 aromatic carbocycles. The molecule has 4 amide bonds. The fraction of sp³-hybridized carbons (Fsp3) is 0.300. The number of rotatable bonds is 10. The first kappa shape index (κ1) is 30.4. The predicted octanol–water partition coefficient (Wildman–Crippen LogP) is 3.74. The highest BCUT2D eigenvalue weighted by molar-refractivity contribution is 6.00. The largest absolute Gasteiger partial charge is 0.508 e. The van der Waals surface area contributed by atoms with Crippen LogP contribution in [0, 0.1) is 11.3 Å². The van der Waals surface area contributed by atoms with E-state index >= 15 is 0 Å². The summed E-state index contributed by atoms with van der Waals surface area (Å²) >= 11 is 0. The topological polar surface area (TPSA) is 175 Å². The molecule has 0 saturated heterocycles. The molecule has 0 fully saturated rings. The van der Waals surface area contributed by atoms with Crippen LogP contribution in [0.2, 0.25) is 0 Å². The van der Waals surface area contributed by atoms with Crippen LogP contribution in [-0.2, 0) is 19.1 Å². The minimum absolute atomic E-state index is 0.0634. The van der Waals surface area contributed by atoms with Gasteiger partial charge in [-0.05, 0) is 67.8 Å². The molecule has 2 atom stereocenters. The van der Waals surface area contributed by atoms with Crippen LogP contribution in [0.5, 0.6) is 5.75 Å². The maximum Gasteiger partial charge on any atom is 0.408 e. The van der Waals surface area contributed by atoms with E-state index in [0.29, 0.717) is 11.3 Å². The van der Waals surface area contributed by atoms with Crippen molar-refractivity contribution >= 4 is 40.3 Å². The van der Waals surface area contributed by atoms with Gasteiger partial charge in [0, 0.05) is 12.1 Å². The molecule has 0 spiro atoms. The van der Waals surface area contributed by atoms with Gasteiger partial charge >= 0.3 is 6.09 Å². The number of carbonyl (C=O) groups excluding carboxylic acids is 4. The zero-order chi connectivity index (χ0) is 30.2. The molecule has 0 saturated carbocycles. The van der Waals surface area contributed by atoms with Crippen molar-refractivity contribution in [2.75, 3.05) is 11.9 Å². The van der Waals surface area contributed by atoms with Crippen molar-refractivity contribution in [2.45, 2.75) is 51.3 Å². The van der Waals surface area contributed by atoms with Crippen LogP contribution >= 0.6 is 0 Å². The Bertz CT molecular complexity index is 1460. The van der Waals surface area contributed by atoms with Crippen LogP contribution < -0.4 is 16.4 Å². The molecule has 11 nitrogen and oxygen atoms in total. The zero-order valence-electron chi connectivity index (χ0n) is 23.1. The summed E-state index contributed by atoms with van der Waals surface area (Å²) in [6.45, 7) is 4.41. The lowest BCUT2D eigenvalue weighted by atomic mass is 10.0. The molecule has 0 aliphatic rings. The lowest BCUT2D eigenvalue weighted by Crippen LogP contribution is -2.52. The van der Waals surface area contributed by atoms with Gasteiger partial charge in [-0.15, -0.1) is 0 Å². The summed E-state index contributed by atoms with van der Waals surface area (Å²) in [5.41, 5.74) is 5.18. The van der Waals surface area contributed by atoms with Gasteiger partial charge in [0.05, 0.1) is 6.07 Å². The van der Waals surface area contributed by atoms with E-state index in [1.54, 1.807) is 32.9 Å². The molecular formula is C30H33N5O6. The van der Waals surface area contributed by atoms with E-state index in [0.717, 1.165) is 15.7 Å². The highest BCUT2D eigenvalue weighted by Gasteiger charge is 2.36. The summed E-state index contributed by atoms with van der Waals surface area (Å²) < 4.78 is 5.28. The number of aromatic hydroxyl groups is 1. The van der Waals surface area contributed by atoms with Gasteiger partial charge in [0.25, 0.3) is 5.91 Å². The van der Waals surface area contributed by atoms with Crippen molar-refractivity contribution in [1.29, 1.82) is 5.26 Å². The first-order chi connectivity index (χ1) is 19.4. The van der Waals surface area contributed by atoms with E-state index < -0.39 is 48.0 Å². The number of nitriles is 1. The van der Waals surface area contributed by atoms with Crippen molar-refractivity contribution in [3.8, 4) is 11.8 Å². The third-order valence-corrected chi connectivity index (χ3v) is 5.98. The zero-order valence-corrected chi connectivity index (χ0v) is 23.1. The summed E-state index contributed by atoms with van der Waals surface area (Å²) in [6.07, 6.45) is -1.36. The molecule has 0 heterocycles. The lowest BCUT2D eigenvalue weighted by molar-refractivity contribution is -0.140. The fourth-order valence-electron chi connectivity index (χ4n) is 4.17. The predicted molar refractivity (Wildman–Crippen MR) is 152 cm³/mol. The number of nitrogens with zero attached hydrogens (tertiary/aromatic N) is 2. The van der Waals surface area contributed by atoms with E-state index in [4.69, 9.17) is 10.5 Å². The monoisotopic (exact) mass is 559 g/mol. The fourth-order valence-corrected chi connectivity index (χ4v) is 4.17. The Kier molecular flexibility index (Phi) is 9.87. The number of nitrogens with two attached hydrogens (primary N) is 1. The average Bonchev–Trinajstić information content (AvgIpc) is 2.90. The third-order valence-electron chi connectivity index (χ3n) is 5.98. The van der Waals surface area contributed by atoms with Crippen molar-refractivity contribution in [3.63, 3.8) is 0 Å². The lowest BCUT2D eigenvalue weighted by Gasteiger charge is -2.33. The Morgan fingerprint density at radius 1 is 1.02 bits per heavy atom. The maximum absolute atomic E-state index is 13.9. The number of alkyl carbamates (subject to hydrolysis) is 1. The molecule has 0 aliphatic heterocycles. The molecule has 0 aromatic heterocycles. The van der Waals surface area contributed by atoms with Crippen molar-refractivity contribution in [1.82, 2.24) is 10.2 Å². The highest BCUT2D eigenvalue weighted by atomic mass is 16.6. The van der Waals surface area contributed by atoms with Gasteiger partial charge in [-0.25, -0.2) is 4.79 Å². The van der Waals surface area contributed by atoms with E-state index in [-0.39, 0.29) is 18.6 Å². The molecule has 0 radical (unpaired) electrons. The Labute approximate surface area is 237 Å². The molecule has 2 unspecified atom stereocenters. The van der Waals surface area contributed by atoms with Crippen LogP contribution in [-0.4, -0.2) is 52.0 Å². The number of hydrogen-bond acceptors (Lipinski definition) is 7. The molecule has 0 aliphatic carbocycles. The number of hydrogen-bond donors (Lipinski definition) is 4. The summed E-state index contributed by atoms with van der Waals surface area (Å²) in [5, 5.41) is 26.6. The number of phenols is 1. The van der Waals surface area contributed by atoms with E-state index in [2.05, 4.69) is 10.6 Å². The summed E-state index contributed by atoms with van der Waals surface area (Å²) in [4.78, 5) is 52.8. The number of benzene rings is 3. The Hall–Kier alpha value is -5.11. The quantitative estimate of drug-likeness (QED) is 0.274. The minimum Gasteiger partial charge on any atom is -0.508 e. The number of carbonyl (C=O) groups is 4. The molecule has 3 aromatic rings. The van der Waals surface area contributed by atoms with E-state index in [9.17, 15) is 29.5 Å². The van der Waals surface area contributed by atoms with Gasteiger partial charge < -0.3 is 31.1 Å². The molecule has 214 valence electrons. The van der Waals surface area contributed by atoms with Crippen molar-refractivity contribution in [3.05, 3.63) is 72.3 Å². The molecule has 11 heteroatoms. The standard InChI is InChI=1S/C30H33N5O6/c1-30(2,3)41-29(40)34-24(14-15-25(32)37)28(39)35(17-16-31)26(20-9-12-23(36)13-10-20)27(38)33-22-11-8-19-6-4-5-7-21(19)18-22/h4-13,18,24,26,36H,14-15,17H2,1-3H3,(H2,32,37)(H,33,38)(H,34,40). The SMILES string of the molecule is CC(C)(C)OC(=O)NC(CCC(N)=O)C(=O)N(CC#N)C(C(=O)Nc1ccc2ccccc2c1)c1ccc(O)cc1. The average molecular weight is 560 g/mol. The highest BCUT2D eigenvalue weighted by Crippen LogP contribution is 2.27. The smallest absolute Gasteiger partial charge is 0.408 e. The van der Waals surface area contributed by atoms with Gasteiger partial charge in [-0.3, -0.25) is 14.4 Å². The van der Waals surface area contributed by atoms with E-state index in [1.165, 1.54) is 24.3 Å². The molecule has 5 N–H and O–H groups in total. The van der Waals surface area contributed by atoms with Gasteiger partial charge in [0.15, 0.2) is 0 Å².